The maximum atomic E-state index is 13.3. The SMILES string of the molecule is Cc1ccc(Nc2ncc3c(n2)N([C@@H](C)c2ccc(F)cc2)C(=O)C3(C)C)cn1. The minimum absolute atomic E-state index is 0.0622. The number of anilines is 3. The molecule has 1 N–H and O–H groups in total. The summed E-state index contributed by atoms with van der Waals surface area (Å²) in [6, 6.07) is 9.67. The molecule has 0 fully saturated rings. The summed E-state index contributed by atoms with van der Waals surface area (Å²) in [7, 11) is 0. The smallest absolute Gasteiger partial charge is 0.239 e. The van der Waals surface area contributed by atoms with E-state index in [1.54, 1.807) is 29.4 Å². The average molecular weight is 391 g/mol. The highest BCUT2D eigenvalue weighted by Crippen LogP contribution is 2.44. The number of halogens is 1. The fourth-order valence-electron chi connectivity index (χ4n) is 3.49. The maximum Gasteiger partial charge on any atom is 0.239 e. The molecule has 0 aliphatic carbocycles. The van der Waals surface area contributed by atoms with Gasteiger partial charge in [0, 0.05) is 17.5 Å². The number of aromatic nitrogens is 3. The van der Waals surface area contributed by atoms with E-state index >= 15 is 0 Å². The summed E-state index contributed by atoms with van der Waals surface area (Å²) >= 11 is 0. The highest BCUT2D eigenvalue weighted by Gasteiger charge is 2.47. The second-order valence-corrected chi connectivity index (χ2v) is 7.77. The number of amides is 1. The van der Waals surface area contributed by atoms with Crippen LogP contribution < -0.4 is 10.2 Å². The Balaban J connectivity index is 1.72. The third kappa shape index (κ3) is 3.33. The molecule has 0 unspecified atom stereocenters. The summed E-state index contributed by atoms with van der Waals surface area (Å²) in [6.07, 6.45) is 3.40. The van der Waals surface area contributed by atoms with Gasteiger partial charge in [0.15, 0.2) is 0 Å². The van der Waals surface area contributed by atoms with Crippen molar-refractivity contribution in [2.75, 3.05) is 10.2 Å². The second kappa shape index (κ2) is 6.92. The van der Waals surface area contributed by atoms with Gasteiger partial charge in [-0.1, -0.05) is 12.1 Å². The van der Waals surface area contributed by atoms with Crippen molar-refractivity contribution in [1.29, 1.82) is 0 Å². The van der Waals surface area contributed by atoms with Crippen LogP contribution in [0, 0.1) is 12.7 Å². The quantitative estimate of drug-likeness (QED) is 0.712. The van der Waals surface area contributed by atoms with Crippen molar-refractivity contribution in [2.45, 2.75) is 39.2 Å². The number of pyridine rings is 1. The van der Waals surface area contributed by atoms with Gasteiger partial charge in [0.2, 0.25) is 11.9 Å². The highest BCUT2D eigenvalue weighted by atomic mass is 19.1. The first-order chi connectivity index (χ1) is 13.8. The van der Waals surface area contributed by atoms with Crippen molar-refractivity contribution >= 4 is 23.4 Å². The Morgan fingerprint density at radius 2 is 1.79 bits per heavy atom. The number of carbonyl (C=O) groups excluding carboxylic acids is 1. The third-order valence-electron chi connectivity index (χ3n) is 5.33. The molecule has 0 spiro atoms. The summed E-state index contributed by atoms with van der Waals surface area (Å²) in [5.41, 5.74) is 2.53. The van der Waals surface area contributed by atoms with Crippen molar-refractivity contribution in [3.05, 3.63) is 71.4 Å². The summed E-state index contributed by atoms with van der Waals surface area (Å²) in [5, 5.41) is 3.14. The largest absolute Gasteiger partial charge is 0.323 e. The van der Waals surface area contributed by atoms with E-state index in [0.29, 0.717) is 11.8 Å². The molecule has 148 valence electrons. The Hall–Kier alpha value is -3.35. The normalized spacial score (nSPS) is 15.9. The van der Waals surface area contributed by atoms with Gasteiger partial charge in [-0.2, -0.15) is 4.98 Å². The van der Waals surface area contributed by atoms with Crippen LogP contribution in [0.25, 0.3) is 0 Å². The van der Waals surface area contributed by atoms with Crippen molar-refractivity contribution in [1.82, 2.24) is 15.0 Å². The van der Waals surface area contributed by atoms with E-state index in [-0.39, 0.29) is 17.8 Å². The highest BCUT2D eigenvalue weighted by molar-refractivity contribution is 6.07. The number of aryl methyl sites for hydroxylation is 1. The molecule has 3 heterocycles. The molecule has 3 aromatic rings. The predicted molar refractivity (Wildman–Crippen MR) is 110 cm³/mol. The van der Waals surface area contributed by atoms with E-state index in [1.165, 1.54) is 12.1 Å². The van der Waals surface area contributed by atoms with Gasteiger partial charge in [-0.3, -0.25) is 14.7 Å². The van der Waals surface area contributed by atoms with E-state index < -0.39 is 5.41 Å². The molecule has 1 atom stereocenters. The number of nitrogens with zero attached hydrogens (tertiary/aromatic N) is 4. The van der Waals surface area contributed by atoms with Crippen LogP contribution in [-0.2, 0) is 10.2 Å². The molecule has 1 amide bonds. The van der Waals surface area contributed by atoms with Crippen LogP contribution in [0.1, 0.15) is 43.6 Å². The average Bonchev–Trinajstić information content (AvgIpc) is 2.89. The van der Waals surface area contributed by atoms with Gasteiger partial charge in [0.05, 0.1) is 23.3 Å². The van der Waals surface area contributed by atoms with Crippen molar-refractivity contribution in [3.63, 3.8) is 0 Å². The summed E-state index contributed by atoms with van der Waals surface area (Å²) in [6.45, 7) is 7.56. The molecule has 7 heteroatoms. The zero-order chi connectivity index (χ0) is 20.8. The van der Waals surface area contributed by atoms with Gasteiger partial charge in [0.25, 0.3) is 0 Å². The van der Waals surface area contributed by atoms with Gasteiger partial charge in [0.1, 0.15) is 11.6 Å². The molecule has 0 radical (unpaired) electrons. The Bertz CT molecular complexity index is 1060. The Morgan fingerprint density at radius 1 is 1.07 bits per heavy atom. The summed E-state index contributed by atoms with van der Waals surface area (Å²) in [4.78, 5) is 28.2. The van der Waals surface area contributed by atoms with Crippen LogP contribution in [0.15, 0.2) is 48.8 Å². The van der Waals surface area contributed by atoms with Crippen molar-refractivity contribution < 1.29 is 9.18 Å². The molecular weight excluding hydrogens is 369 g/mol. The molecule has 1 aliphatic rings. The van der Waals surface area contributed by atoms with Gasteiger partial charge in [-0.05, 0) is 57.5 Å². The minimum atomic E-state index is -0.742. The fourth-order valence-corrected chi connectivity index (χ4v) is 3.49. The number of hydrogen-bond donors (Lipinski definition) is 1. The van der Waals surface area contributed by atoms with Crippen LogP contribution in [0.4, 0.5) is 21.8 Å². The number of hydrogen-bond acceptors (Lipinski definition) is 5. The van der Waals surface area contributed by atoms with Crippen LogP contribution in [0.2, 0.25) is 0 Å². The number of nitrogens with one attached hydrogen (secondary N) is 1. The lowest BCUT2D eigenvalue weighted by atomic mass is 9.88. The molecule has 1 aliphatic heterocycles. The molecule has 0 saturated heterocycles. The molecule has 2 aromatic heterocycles. The lowest BCUT2D eigenvalue weighted by Gasteiger charge is -2.26. The van der Waals surface area contributed by atoms with E-state index in [9.17, 15) is 9.18 Å². The monoisotopic (exact) mass is 391 g/mol. The summed E-state index contributed by atoms with van der Waals surface area (Å²) < 4.78 is 13.3. The maximum absolute atomic E-state index is 13.3. The van der Waals surface area contributed by atoms with Crippen LogP contribution in [0.3, 0.4) is 0 Å². The zero-order valence-electron chi connectivity index (χ0n) is 16.8. The first-order valence-corrected chi connectivity index (χ1v) is 9.43. The fraction of sp³-hybridized carbons (Fsp3) is 0.273. The predicted octanol–water partition coefficient (Wildman–Crippen LogP) is 4.45. The molecule has 0 saturated carbocycles. The van der Waals surface area contributed by atoms with E-state index in [1.807, 2.05) is 39.8 Å². The molecular formula is C22H22FN5O. The zero-order valence-corrected chi connectivity index (χ0v) is 16.8. The minimum Gasteiger partial charge on any atom is -0.323 e. The van der Waals surface area contributed by atoms with E-state index in [2.05, 4.69) is 20.3 Å². The first-order valence-electron chi connectivity index (χ1n) is 9.43. The van der Waals surface area contributed by atoms with Gasteiger partial charge < -0.3 is 5.32 Å². The topological polar surface area (TPSA) is 71.0 Å². The van der Waals surface area contributed by atoms with Crippen molar-refractivity contribution in [2.24, 2.45) is 0 Å². The second-order valence-electron chi connectivity index (χ2n) is 7.77. The molecule has 4 rings (SSSR count). The molecule has 1 aromatic carbocycles. The number of fused-ring (bicyclic) bond motifs is 1. The molecule has 29 heavy (non-hydrogen) atoms. The van der Waals surface area contributed by atoms with Crippen LogP contribution in [0.5, 0.6) is 0 Å². The van der Waals surface area contributed by atoms with Gasteiger partial charge >= 0.3 is 0 Å². The van der Waals surface area contributed by atoms with Crippen LogP contribution >= 0.6 is 0 Å². The number of rotatable bonds is 4. The first kappa shape index (κ1) is 19.0. The van der Waals surface area contributed by atoms with E-state index in [4.69, 9.17) is 0 Å². The number of carbonyl (C=O) groups is 1. The Morgan fingerprint density at radius 3 is 2.45 bits per heavy atom. The summed E-state index contributed by atoms with van der Waals surface area (Å²) in [5.74, 6) is 0.577. The standard InChI is InChI=1S/C22H22FN5O/c1-13-5-10-17(11-24-13)26-21-25-12-18-19(27-21)28(20(29)22(18,3)4)14(2)15-6-8-16(23)9-7-15/h5-12,14H,1-4H3,(H,25,26,27)/t14-/m0/s1. The van der Waals surface area contributed by atoms with Crippen LogP contribution in [-0.4, -0.2) is 20.9 Å². The van der Waals surface area contributed by atoms with Gasteiger partial charge in [-0.15, -0.1) is 0 Å². The Kier molecular flexibility index (Phi) is 4.53. The van der Waals surface area contributed by atoms with Gasteiger partial charge in [-0.25, -0.2) is 9.37 Å². The van der Waals surface area contributed by atoms with Crippen molar-refractivity contribution in [3.8, 4) is 0 Å². The lowest BCUT2D eigenvalue weighted by Crippen LogP contribution is -2.38. The number of benzene rings is 1. The van der Waals surface area contributed by atoms with E-state index in [0.717, 1.165) is 22.5 Å². The Labute approximate surface area is 168 Å². The lowest BCUT2D eigenvalue weighted by molar-refractivity contribution is -0.122. The third-order valence-corrected chi connectivity index (χ3v) is 5.33. The molecule has 6 nitrogen and oxygen atoms in total. The molecule has 0 bridgehead atoms.